The minimum Gasteiger partial charge on any atom is -0.423 e. The highest BCUT2D eigenvalue weighted by molar-refractivity contribution is 6.59. The van der Waals surface area contributed by atoms with E-state index in [0.717, 1.165) is 28.5 Å². The van der Waals surface area contributed by atoms with Crippen LogP contribution in [-0.2, 0) is 0 Å². The summed E-state index contributed by atoms with van der Waals surface area (Å²) in [6, 6.07) is 13.9. The monoisotopic (exact) mass is 301 g/mol. The van der Waals surface area contributed by atoms with Crippen LogP contribution in [0.2, 0.25) is 0 Å². The number of para-hydroxylation sites is 1. The van der Waals surface area contributed by atoms with Gasteiger partial charge in [0.1, 0.15) is 0 Å². The Morgan fingerprint density at radius 2 is 1.70 bits per heavy atom. The molecule has 3 aromatic rings. The molecule has 112 valence electrons. The molecule has 0 radical (unpaired) electrons. The molecule has 3 nitrogen and oxygen atoms in total. The highest BCUT2D eigenvalue weighted by Crippen LogP contribution is 2.32. The quantitative estimate of drug-likeness (QED) is 0.715. The molecule has 0 bridgehead atoms. The first-order chi connectivity index (χ1) is 11.3. The average molecular weight is 301 g/mol. The Morgan fingerprint density at radius 3 is 2.57 bits per heavy atom. The van der Waals surface area contributed by atoms with Gasteiger partial charge < -0.3 is 14.6 Å². The third kappa shape index (κ3) is 2.33. The highest BCUT2D eigenvalue weighted by atomic mass is 16.4. The van der Waals surface area contributed by atoms with Crippen LogP contribution in [0, 0.1) is 0 Å². The van der Waals surface area contributed by atoms with Gasteiger partial charge in [-0.15, -0.1) is 0 Å². The fourth-order valence-corrected chi connectivity index (χ4v) is 3.19. The van der Waals surface area contributed by atoms with E-state index in [1.807, 2.05) is 42.5 Å². The number of allylic oxidation sites excluding steroid dienone is 6. The molecule has 2 aromatic carbocycles. The number of rotatable bonds is 2. The molecule has 23 heavy (non-hydrogen) atoms. The van der Waals surface area contributed by atoms with Crippen LogP contribution in [0.4, 0.5) is 0 Å². The van der Waals surface area contributed by atoms with E-state index in [0.29, 0.717) is 5.46 Å². The molecule has 0 saturated heterocycles. The number of fused-ring (bicyclic) bond motifs is 3. The molecule has 1 aliphatic carbocycles. The summed E-state index contributed by atoms with van der Waals surface area (Å²) >= 11 is 0. The number of hydrogen-bond donors (Lipinski definition) is 2. The number of nitrogens with zero attached hydrogens (tertiary/aromatic N) is 1. The van der Waals surface area contributed by atoms with Gasteiger partial charge in [-0.2, -0.15) is 0 Å². The van der Waals surface area contributed by atoms with Crippen LogP contribution in [0.3, 0.4) is 0 Å². The zero-order valence-electron chi connectivity index (χ0n) is 12.6. The van der Waals surface area contributed by atoms with Crippen molar-refractivity contribution in [3.63, 3.8) is 0 Å². The first-order valence-electron chi connectivity index (χ1n) is 7.68. The lowest BCUT2D eigenvalue weighted by Gasteiger charge is -2.11. The average Bonchev–Trinajstić information content (AvgIpc) is 2.72. The molecule has 0 aliphatic heterocycles. The van der Waals surface area contributed by atoms with Gasteiger partial charge in [-0.3, -0.25) is 0 Å². The third-order valence-corrected chi connectivity index (χ3v) is 4.26. The first-order valence-corrected chi connectivity index (χ1v) is 7.68. The molecular formula is C19H16BNO2. The second-order valence-corrected chi connectivity index (χ2v) is 5.68. The van der Waals surface area contributed by atoms with Crippen molar-refractivity contribution in [3.05, 3.63) is 72.8 Å². The maximum atomic E-state index is 9.51. The van der Waals surface area contributed by atoms with Crippen LogP contribution in [0.15, 0.2) is 72.8 Å². The van der Waals surface area contributed by atoms with Gasteiger partial charge in [-0.25, -0.2) is 0 Å². The molecule has 0 fully saturated rings. The van der Waals surface area contributed by atoms with Crippen LogP contribution in [0.1, 0.15) is 6.42 Å². The molecule has 0 atom stereocenters. The topological polar surface area (TPSA) is 45.4 Å². The van der Waals surface area contributed by atoms with E-state index in [-0.39, 0.29) is 0 Å². The van der Waals surface area contributed by atoms with Crippen LogP contribution in [0.25, 0.3) is 27.5 Å². The second kappa shape index (κ2) is 5.58. The standard InChI is InChI=1S/C19H16BNO2/c22-20(23)14-11-12-17-16-9-5-6-10-18(16)21(19(17)13-14)15-7-3-1-2-4-8-15/h1-7,9-13,22-23H,8H2. The van der Waals surface area contributed by atoms with Gasteiger partial charge in [0.2, 0.25) is 0 Å². The van der Waals surface area contributed by atoms with Gasteiger partial charge in [0.05, 0.1) is 11.0 Å². The molecule has 1 aromatic heterocycles. The lowest BCUT2D eigenvalue weighted by atomic mass is 9.80. The van der Waals surface area contributed by atoms with Crippen molar-refractivity contribution in [1.82, 2.24) is 4.57 Å². The number of hydrogen-bond acceptors (Lipinski definition) is 2. The van der Waals surface area contributed by atoms with Crippen LogP contribution >= 0.6 is 0 Å². The maximum Gasteiger partial charge on any atom is 0.488 e. The van der Waals surface area contributed by atoms with Crippen molar-refractivity contribution in [3.8, 4) is 0 Å². The van der Waals surface area contributed by atoms with Crippen LogP contribution in [-0.4, -0.2) is 21.7 Å². The largest absolute Gasteiger partial charge is 0.488 e. The van der Waals surface area contributed by atoms with Gasteiger partial charge in [-0.1, -0.05) is 54.6 Å². The van der Waals surface area contributed by atoms with Crippen molar-refractivity contribution < 1.29 is 10.0 Å². The number of aromatic nitrogens is 1. The van der Waals surface area contributed by atoms with Gasteiger partial charge in [-0.05, 0) is 23.7 Å². The summed E-state index contributed by atoms with van der Waals surface area (Å²) in [5.41, 5.74) is 3.78. The lowest BCUT2D eigenvalue weighted by Crippen LogP contribution is -2.29. The van der Waals surface area contributed by atoms with Crippen LogP contribution < -0.4 is 5.46 Å². The summed E-state index contributed by atoms with van der Waals surface area (Å²) in [6.45, 7) is 0. The lowest BCUT2D eigenvalue weighted by molar-refractivity contribution is 0.426. The zero-order valence-corrected chi connectivity index (χ0v) is 12.6. The molecule has 0 unspecified atom stereocenters. The molecule has 1 heterocycles. The molecule has 1 aliphatic rings. The molecular weight excluding hydrogens is 285 g/mol. The molecule has 0 spiro atoms. The van der Waals surface area contributed by atoms with Crippen molar-refractivity contribution in [2.45, 2.75) is 6.42 Å². The van der Waals surface area contributed by atoms with E-state index < -0.39 is 7.12 Å². The summed E-state index contributed by atoms with van der Waals surface area (Å²) in [5, 5.41) is 21.3. The van der Waals surface area contributed by atoms with E-state index in [1.165, 1.54) is 5.39 Å². The Hall–Kier alpha value is -2.56. The van der Waals surface area contributed by atoms with E-state index in [1.54, 1.807) is 6.07 Å². The van der Waals surface area contributed by atoms with Crippen molar-refractivity contribution in [2.75, 3.05) is 0 Å². The minimum absolute atomic E-state index is 0.502. The molecule has 2 N–H and O–H groups in total. The summed E-state index contributed by atoms with van der Waals surface area (Å²) in [6.07, 6.45) is 11.1. The molecule has 4 rings (SSSR count). The smallest absolute Gasteiger partial charge is 0.423 e. The predicted molar refractivity (Wildman–Crippen MR) is 96.4 cm³/mol. The summed E-state index contributed by atoms with van der Waals surface area (Å²) in [7, 11) is -1.46. The van der Waals surface area contributed by atoms with Gasteiger partial charge >= 0.3 is 7.12 Å². The van der Waals surface area contributed by atoms with Crippen molar-refractivity contribution in [2.24, 2.45) is 0 Å². The SMILES string of the molecule is OB(O)c1ccc2c3ccccc3n(C3=CC=CC=CC3)c2c1. The molecule has 4 heteroatoms. The van der Waals surface area contributed by atoms with Gasteiger partial charge in [0.25, 0.3) is 0 Å². The Bertz CT molecular complexity index is 980. The number of benzene rings is 2. The maximum absolute atomic E-state index is 9.51. The van der Waals surface area contributed by atoms with E-state index >= 15 is 0 Å². The predicted octanol–water partition coefficient (Wildman–Crippen LogP) is 2.83. The summed E-state index contributed by atoms with van der Waals surface area (Å²) < 4.78 is 2.20. The van der Waals surface area contributed by atoms with Crippen molar-refractivity contribution >= 4 is 40.1 Å². The Labute approximate surface area is 134 Å². The summed E-state index contributed by atoms with van der Waals surface area (Å²) in [5.74, 6) is 0. The first kappa shape index (κ1) is 14.1. The van der Waals surface area contributed by atoms with Gasteiger partial charge in [0, 0.05) is 22.9 Å². The Balaban J connectivity index is 2.09. The second-order valence-electron chi connectivity index (χ2n) is 5.68. The van der Waals surface area contributed by atoms with E-state index in [2.05, 4.69) is 28.9 Å². The van der Waals surface area contributed by atoms with E-state index in [4.69, 9.17) is 0 Å². The third-order valence-electron chi connectivity index (χ3n) is 4.26. The Morgan fingerprint density at radius 1 is 0.870 bits per heavy atom. The van der Waals surface area contributed by atoms with Crippen LogP contribution in [0.5, 0.6) is 0 Å². The minimum atomic E-state index is -1.46. The van der Waals surface area contributed by atoms with Crippen molar-refractivity contribution in [1.29, 1.82) is 0 Å². The summed E-state index contributed by atoms with van der Waals surface area (Å²) in [4.78, 5) is 0. The fourth-order valence-electron chi connectivity index (χ4n) is 3.19. The Kier molecular flexibility index (Phi) is 3.41. The van der Waals surface area contributed by atoms with Gasteiger partial charge in [0.15, 0.2) is 0 Å². The van der Waals surface area contributed by atoms with E-state index in [9.17, 15) is 10.0 Å². The highest BCUT2D eigenvalue weighted by Gasteiger charge is 2.17. The molecule has 0 amide bonds. The zero-order chi connectivity index (χ0) is 15.8. The molecule has 0 saturated carbocycles. The normalized spacial score (nSPS) is 14.3. The fraction of sp³-hybridized carbons (Fsp3) is 0.0526.